The molecule has 0 atom stereocenters. The Kier molecular flexibility index (Phi) is 7.64. The summed E-state index contributed by atoms with van der Waals surface area (Å²) in [6.07, 6.45) is 0. The van der Waals surface area contributed by atoms with Crippen molar-refractivity contribution in [2.24, 2.45) is 5.73 Å². The van der Waals surface area contributed by atoms with Gasteiger partial charge in [0.15, 0.2) is 5.13 Å². The molecule has 2 heterocycles. The van der Waals surface area contributed by atoms with Gasteiger partial charge in [0.2, 0.25) is 0 Å². The van der Waals surface area contributed by atoms with Gasteiger partial charge in [-0.05, 0) is 32.0 Å². The molecular weight excluding hydrogens is 399 g/mol. The molecule has 0 saturated carbocycles. The molecule has 0 saturated heterocycles. The van der Waals surface area contributed by atoms with E-state index in [1.807, 2.05) is 50.2 Å². The molecule has 0 bridgehead atoms. The molecule has 0 radical (unpaired) electrons. The van der Waals surface area contributed by atoms with Crippen LogP contribution in [0.2, 0.25) is 0 Å². The lowest BCUT2D eigenvalue weighted by molar-refractivity contribution is 0.0920. The molecule has 136 valence electrons. The van der Waals surface area contributed by atoms with Crippen molar-refractivity contribution in [1.29, 1.82) is 0 Å². The van der Waals surface area contributed by atoms with E-state index in [0.717, 1.165) is 20.3 Å². The van der Waals surface area contributed by atoms with Crippen molar-refractivity contribution in [3.63, 3.8) is 0 Å². The fourth-order valence-electron chi connectivity index (χ4n) is 1.97. The number of para-hydroxylation sites is 1. The first-order chi connectivity index (χ1) is 11.0. The minimum Gasteiger partial charge on any atom is -0.345 e. The van der Waals surface area contributed by atoms with Crippen LogP contribution in [0, 0.1) is 0 Å². The van der Waals surface area contributed by atoms with Crippen LogP contribution in [0.1, 0.15) is 23.5 Å². The number of amides is 1. The molecule has 0 aliphatic rings. The summed E-state index contributed by atoms with van der Waals surface area (Å²) in [5.41, 5.74) is 6.23. The number of rotatable bonds is 5. The fourth-order valence-corrected chi connectivity index (χ4v) is 4.00. The highest BCUT2D eigenvalue weighted by atomic mass is 35.5. The number of hydrogen-bond donors (Lipinski definition) is 3. The number of halogens is 2. The third-order valence-corrected chi connectivity index (χ3v) is 5.38. The zero-order valence-corrected chi connectivity index (χ0v) is 17.0. The highest BCUT2D eigenvalue weighted by Gasteiger charge is 2.21. The van der Waals surface area contributed by atoms with Gasteiger partial charge in [0.25, 0.3) is 5.91 Å². The van der Waals surface area contributed by atoms with Crippen LogP contribution in [-0.2, 0) is 0 Å². The first-order valence-corrected chi connectivity index (χ1v) is 8.85. The van der Waals surface area contributed by atoms with Crippen LogP contribution >= 0.6 is 47.5 Å². The van der Waals surface area contributed by atoms with Gasteiger partial charge in [-0.25, -0.2) is 4.98 Å². The fraction of sp³-hybridized carbons (Fsp3) is 0.250. The standard InChI is InChI=1S/C16H18N4OS2.2ClH/c1-16(2,9-17)20-13(21)11-8-12-14(22-11)19-15(23-12)18-10-6-4-3-5-7-10;;/h3-8H,9,17H2,1-2H3,(H,18,19)(H,20,21);2*1H. The van der Waals surface area contributed by atoms with Gasteiger partial charge in [-0.15, -0.1) is 36.2 Å². The summed E-state index contributed by atoms with van der Waals surface area (Å²) in [5, 5.41) is 7.03. The van der Waals surface area contributed by atoms with Crippen molar-refractivity contribution in [2.75, 3.05) is 11.9 Å². The SMILES string of the molecule is CC(C)(CN)NC(=O)c1cc2sc(Nc3ccccc3)nc2s1.Cl.Cl. The van der Waals surface area contributed by atoms with Gasteiger partial charge in [0, 0.05) is 17.8 Å². The van der Waals surface area contributed by atoms with Crippen LogP contribution in [0.3, 0.4) is 0 Å². The maximum Gasteiger partial charge on any atom is 0.261 e. The highest BCUT2D eigenvalue weighted by molar-refractivity contribution is 7.29. The van der Waals surface area contributed by atoms with Gasteiger partial charge < -0.3 is 16.4 Å². The molecule has 0 aliphatic carbocycles. The molecule has 3 rings (SSSR count). The lowest BCUT2D eigenvalue weighted by Gasteiger charge is -2.23. The predicted molar refractivity (Wildman–Crippen MR) is 112 cm³/mol. The van der Waals surface area contributed by atoms with Gasteiger partial charge in [0.1, 0.15) is 4.83 Å². The third kappa shape index (κ3) is 5.29. The van der Waals surface area contributed by atoms with E-state index in [4.69, 9.17) is 5.73 Å². The van der Waals surface area contributed by atoms with Crippen molar-refractivity contribution < 1.29 is 4.79 Å². The largest absolute Gasteiger partial charge is 0.345 e. The monoisotopic (exact) mass is 418 g/mol. The summed E-state index contributed by atoms with van der Waals surface area (Å²) < 4.78 is 1.00. The van der Waals surface area contributed by atoms with Crippen LogP contribution in [0.5, 0.6) is 0 Å². The number of carbonyl (C=O) groups excluding carboxylic acids is 1. The molecule has 0 spiro atoms. The van der Waals surface area contributed by atoms with E-state index in [2.05, 4.69) is 15.6 Å². The van der Waals surface area contributed by atoms with Crippen LogP contribution in [0.15, 0.2) is 36.4 Å². The number of hydrogen-bond acceptors (Lipinski definition) is 6. The molecule has 0 aliphatic heterocycles. The van der Waals surface area contributed by atoms with E-state index in [1.165, 1.54) is 22.7 Å². The average Bonchev–Trinajstić information content (AvgIpc) is 3.06. The summed E-state index contributed by atoms with van der Waals surface area (Å²) in [7, 11) is 0. The van der Waals surface area contributed by atoms with Crippen LogP contribution in [0.25, 0.3) is 9.53 Å². The number of benzene rings is 1. The molecule has 5 nitrogen and oxygen atoms in total. The Bertz CT molecular complexity index is 802. The first kappa shape index (κ1) is 21.7. The van der Waals surface area contributed by atoms with Gasteiger partial charge in [-0.1, -0.05) is 29.5 Å². The molecule has 9 heteroatoms. The van der Waals surface area contributed by atoms with E-state index in [0.29, 0.717) is 11.4 Å². The predicted octanol–water partition coefficient (Wildman–Crippen LogP) is 4.41. The van der Waals surface area contributed by atoms with E-state index in [1.54, 1.807) is 0 Å². The smallest absolute Gasteiger partial charge is 0.261 e. The third-order valence-electron chi connectivity index (χ3n) is 3.30. The number of aromatic nitrogens is 1. The Labute approximate surface area is 166 Å². The molecule has 3 aromatic rings. The zero-order valence-electron chi connectivity index (χ0n) is 13.7. The molecule has 4 N–H and O–H groups in total. The second-order valence-electron chi connectivity index (χ2n) is 5.83. The molecule has 1 aromatic carbocycles. The van der Waals surface area contributed by atoms with E-state index >= 15 is 0 Å². The molecule has 1 amide bonds. The van der Waals surface area contributed by atoms with Crippen molar-refractivity contribution in [1.82, 2.24) is 10.3 Å². The van der Waals surface area contributed by atoms with Crippen molar-refractivity contribution in [3.8, 4) is 0 Å². The minimum absolute atomic E-state index is 0. The molecule has 25 heavy (non-hydrogen) atoms. The number of nitrogens with two attached hydrogens (primary N) is 1. The molecule has 0 unspecified atom stereocenters. The van der Waals surface area contributed by atoms with Crippen molar-refractivity contribution in [3.05, 3.63) is 41.3 Å². The summed E-state index contributed by atoms with van der Waals surface area (Å²) in [4.78, 5) is 18.3. The van der Waals surface area contributed by atoms with Gasteiger partial charge >= 0.3 is 0 Å². The van der Waals surface area contributed by atoms with E-state index in [-0.39, 0.29) is 30.7 Å². The molecular formula is C16H20Cl2N4OS2. The Morgan fingerprint density at radius 3 is 2.48 bits per heavy atom. The van der Waals surface area contributed by atoms with Crippen molar-refractivity contribution >= 4 is 73.7 Å². The average molecular weight is 419 g/mol. The summed E-state index contributed by atoms with van der Waals surface area (Å²) in [5.74, 6) is -0.104. The van der Waals surface area contributed by atoms with Crippen molar-refractivity contribution in [2.45, 2.75) is 19.4 Å². The lowest BCUT2D eigenvalue weighted by Crippen LogP contribution is -2.48. The number of nitrogens with zero attached hydrogens (tertiary/aromatic N) is 1. The number of fused-ring (bicyclic) bond motifs is 1. The normalized spacial score (nSPS) is 10.7. The molecule has 2 aromatic heterocycles. The van der Waals surface area contributed by atoms with Gasteiger partial charge in [0.05, 0.1) is 9.58 Å². The zero-order chi connectivity index (χ0) is 16.4. The number of anilines is 2. The van der Waals surface area contributed by atoms with E-state index in [9.17, 15) is 4.79 Å². The van der Waals surface area contributed by atoms with Crippen LogP contribution in [-0.4, -0.2) is 23.0 Å². The topological polar surface area (TPSA) is 80.0 Å². The highest BCUT2D eigenvalue weighted by Crippen LogP contribution is 2.34. The van der Waals surface area contributed by atoms with Gasteiger partial charge in [-0.2, -0.15) is 0 Å². The van der Waals surface area contributed by atoms with Crippen LogP contribution < -0.4 is 16.4 Å². The second-order valence-corrected chi connectivity index (χ2v) is 7.89. The number of carbonyl (C=O) groups is 1. The van der Waals surface area contributed by atoms with Gasteiger partial charge in [-0.3, -0.25) is 4.79 Å². The quantitative estimate of drug-likeness (QED) is 0.572. The molecule has 0 fully saturated rings. The second kappa shape index (κ2) is 8.82. The Hall–Kier alpha value is -1.38. The number of thiazole rings is 1. The minimum atomic E-state index is -0.415. The summed E-state index contributed by atoms with van der Waals surface area (Å²) in [6, 6.07) is 11.8. The Balaban J connectivity index is 0.00000156. The lowest BCUT2D eigenvalue weighted by atomic mass is 10.1. The first-order valence-electron chi connectivity index (χ1n) is 7.22. The summed E-state index contributed by atoms with van der Waals surface area (Å²) in [6.45, 7) is 4.20. The number of thiophene rings is 1. The maximum atomic E-state index is 12.3. The Morgan fingerprint density at radius 2 is 1.88 bits per heavy atom. The van der Waals surface area contributed by atoms with Crippen LogP contribution in [0.4, 0.5) is 10.8 Å². The van der Waals surface area contributed by atoms with E-state index < -0.39 is 5.54 Å². The Morgan fingerprint density at radius 1 is 1.20 bits per heavy atom. The summed E-state index contributed by atoms with van der Waals surface area (Å²) >= 11 is 2.93. The number of nitrogens with one attached hydrogen (secondary N) is 2. The maximum absolute atomic E-state index is 12.3.